The summed E-state index contributed by atoms with van der Waals surface area (Å²) in [6, 6.07) is 0.0796. The minimum Gasteiger partial charge on any atom is -0.394 e. The maximum Gasteiger partial charge on any atom is 0.419 e. The minimum absolute atomic E-state index is 0.0531. The molecule has 26 heavy (non-hydrogen) atoms. The van der Waals surface area contributed by atoms with Gasteiger partial charge in [0.1, 0.15) is 6.10 Å². The second kappa shape index (κ2) is 7.75. The number of anilines is 1. The molecule has 2 fully saturated rings. The van der Waals surface area contributed by atoms with Crippen LogP contribution in [0.5, 0.6) is 0 Å². The van der Waals surface area contributed by atoms with Crippen LogP contribution in [-0.2, 0) is 15.7 Å². The lowest BCUT2D eigenvalue weighted by molar-refractivity contribution is -0.140. The van der Waals surface area contributed by atoms with Crippen LogP contribution in [0.15, 0.2) is 12.4 Å². The largest absolute Gasteiger partial charge is 0.419 e. The average molecular weight is 374 g/mol. The van der Waals surface area contributed by atoms with E-state index in [4.69, 9.17) is 9.84 Å². The second-order valence-electron chi connectivity index (χ2n) is 6.39. The monoisotopic (exact) mass is 374 g/mol. The molecule has 3 heterocycles. The van der Waals surface area contributed by atoms with Crippen LogP contribution in [0.1, 0.15) is 24.8 Å². The van der Waals surface area contributed by atoms with Crippen LogP contribution in [0.3, 0.4) is 0 Å². The number of aliphatic hydroxyl groups is 1. The molecule has 0 radical (unpaired) electrons. The Morgan fingerprint density at radius 2 is 1.81 bits per heavy atom. The Morgan fingerprint density at radius 1 is 1.15 bits per heavy atom. The van der Waals surface area contributed by atoms with Gasteiger partial charge < -0.3 is 19.6 Å². The van der Waals surface area contributed by atoms with Crippen LogP contribution in [0.4, 0.5) is 19.1 Å². The smallest absolute Gasteiger partial charge is 0.394 e. The van der Waals surface area contributed by atoms with Crippen LogP contribution < -0.4 is 4.90 Å². The summed E-state index contributed by atoms with van der Waals surface area (Å²) in [6.45, 7) is 1.80. The fourth-order valence-corrected chi connectivity index (χ4v) is 3.40. The predicted molar refractivity (Wildman–Crippen MR) is 85.4 cm³/mol. The third-order valence-corrected chi connectivity index (χ3v) is 4.75. The standard InChI is InChI=1S/C16H21F3N4O3/c17-16(18,19)11-9-20-15(21-10-11)22-4-1-12(2-5-22)23-6-3-13(14(23)25)26-8-7-24/h9-10,12-13,24H,1-8H2. The zero-order chi connectivity index (χ0) is 18.7. The molecular weight excluding hydrogens is 353 g/mol. The van der Waals surface area contributed by atoms with Gasteiger partial charge in [-0.1, -0.05) is 0 Å². The Kier molecular flexibility index (Phi) is 5.61. The molecule has 2 aliphatic heterocycles. The van der Waals surface area contributed by atoms with Crippen LogP contribution in [0, 0.1) is 0 Å². The second-order valence-corrected chi connectivity index (χ2v) is 6.39. The summed E-state index contributed by atoms with van der Waals surface area (Å²) in [6.07, 6.45) is -1.34. The van der Waals surface area contributed by atoms with Gasteiger partial charge in [-0.15, -0.1) is 0 Å². The zero-order valence-corrected chi connectivity index (χ0v) is 14.2. The van der Waals surface area contributed by atoms with E-state index in [1.54, 1.807) is 0 Å². The Morgan fingerprint density at radius 3 is 2.38 bits per heavy atom. The number of rotatable bonds is 5. The van der Waals surface area contributed by atoms with Gasteiger partial charge in [-0.25, -0.2) is 9.97 Å². The van der Waals surface area contributed by atoms with E-state index in [1.807, 2.05) is 9.80 Å². The highest BCUT2D eigenvalue weighted by molar-refractivity contribution is 5.83. The van der Waals surface area contributed by atoms with E-state index in [0.29, 0.717) is 38.9 Å². The van der Waals surface area contributed by atoms with Crippen molar-refractivity contribution in [3.05, 3.63) is 18.0 Å². The highest BCUT2D eigenvalue weighted by Gasteiger charge is 2.38. The van der Waals surface area contributed by atoms with Crippen molar-refractivity contribution in [3.8, 4) is 0 Å². The molecule has 0 bridgehead atoms. The maximum atomic E-state index is 12.6. The lowest BCUT2D eigenvalue weighted by Gasteiger charge is -2.36. The first-order valence-electron chi connectivity index (χ1n) is 8.57. The lowest BCUT2D eigenvalue weighted by Crippen LogP contribution is -2.47. The number of likely N-dealkylation sites (tertiary alicyclic amines) is 1. The van der Waals surface area contributed by atoms with Gasteiger partial charge >= 0.3 is 6.18 Å². The van der Waals surface area contributed by atoms with Crippen LogP contribution in [0.25, 0.3) is 0 Å². The van der Waals surface area contributed by atoms with Crippen molar-refractivity contribution in [2.75, 3.05) is 37.7 Å². The van der Waals surface area contributed by atoms with Gasteiger partial charge in [-0.3, -0.25) is 4.79 Å². The van der Waals surface area contributed by atoms with Gasteiger partial charge in [-0.2, -0.15) is 13.2 Å². The van der Waals surface area contributed by atoms with Gasteiger partial charge in [-0.05, 0) is 12.8 Å². The molecule has 1 aromatic heterocycles. The summed E-state index contributed by atoms with van der Waals surface area (Å²) in [5, 5.41) is 8.80. The molecule has 1 aromatic rings. The molecule has 144 valence electrons. The Bertz CT molecular complexity index is 618. The molecule has 1 N–H and O–H groups in total. The molecule has 1 amide bonds. The first-order chi connectivity index (χ1) is 12.4. The highest BCUT2D eigenvalue weighted by atomic mass is 19.4. The number of carbonyl (C=O) groups excluding carboxylic acids is 1. The van der Waals surface area contributed by atoms with E-state index in [2.05, 4.69) is 9.97 Å². The van der Waals surface area contributed by atoms with Gasteiger partial charge in [0.25, 0.3) is 5.91 Å². The normalized spacial score (nSPS) is 22.3. The number of ether oxygens (including phenoxy) is 1. The van der Waals surface area contributed by atoms with Crippen molar-refractivity contribution < 1.29 is 27.8 Å². The first-order valence-corrected chi connectivity index (χ1v) is 8.57. The lowest BCUT2D eigenvalue weighted by atomic mass is 10.0. The van der Waals surface area contributed by atoms with Gasteiger partial charge in [0.2, 0.25) is 5.95 Å². The van der Waals surface area contributed by atoms with E-state index >= 15 is 0 Å². The van der Waals surface area contributed by atoms with E-state index in [0.717, 1.165) is 12.4 Å². The molecule has 10 heteroatoms. The molecule has 2 saturated heterocycles. The van der Waals surface area contributed by atoms with Gasteiger partial charge in [0.15, 0.2) is 0 Å². The average Bonchev–Trinajstić information content (AvgIpc) is 3.00. The van der Waals surface area contributed by atoms with Gasteiger partial charge in [0.05, 0.1) is 18.8 Å². The summed E-state index contributed by atoms with van der Waals surface area (Å²) >= 11 is 0. The van der Waals surface area contributed by atoms with Crippen molar-refractivity contribution in [1.82, 2.24) is 14.9 Å². The number of aromatic nitrogens is 2. The number of carbonyl (C=O) groups is 1. The third kappa shape index (κ3) is 4.07. The third-order valence-electron chi connectivity index (χ3n) is 4.75. The predicted octanol–water partition coefficient (Wildman–Crippen LogP) is 1.07. The summed E-state index contributed by atoms with van der Waals surface area (Å²) in [7, 11) is 0. The van der Waals surface area contributed by atoms with Crippen LogP contribution >= 0.6 is 0 Å². The number of hydrogen-bond donors (Lipinski definition) is 1. The number of amides is 1. The Hall–Kier alpha value is -1.94. The number of nitrogens with zero attached hydrogens (tertiary/aromatic N) is 4. The van der Waals surface area contributed by atoms with Crippen molar-refractivity contribution in [1.29, 1.82) is 0 Å². The first kappa shape index (κ1) is 18.8. The number of hydrogen-bond acceptors (Lipinski definition) is 6. The number of alkyl halides is 3. The topological polar surface area (TPSA) is 78.8 Å². The molecule has 0 spiro atoms. The summed E-state index contributed by atoms with van der Waals surface area (Å²) < 4.78 is 43.1. The molecule has 7 nitrogen and oxygen atoms in total. The summed E-state index contributed by atoms with van der Waals surface area (Å²) in [5.74, 6) is 0.219. The fourth-order valence-electron chi connectivity index (χ4n) is 3.40. The maximum absolute atomic E-state index is 12.6. The summed E-state index contributed by atoms with van der Waals surface area (Å²) in [5.41, 5.74) is -0.868. The molecule has 1 atom stereocenters. The van der Waals surface area contributed by atoms with E-state index in [1.165, 1.54) is 0 Å². The molecule has 0 saturated carbocycles. The van der Waals surface area contributed by atoms with E-state index in [-0.39, 0.29) is 31.1 Å². The molecular formula is C16H21F3N4O3. The highest BCUT2D eigenvalue weighted by Crippen LogP contribution is 2.29. The van der Waals surface area contributed by atoms with Crippen molar-refractivity contribution in [2.45, 2.75) is 37.6 Å². The fraction of sp³-hybridized carbons (Fsp3) is 0.688. The molecule has 3 rings (SSSR count). The number of piperidine rings is 1. The van der Waals surface area contributed by atoms with Crippen molar-refractivity contribution >= 4 is 11.9 Å². The molecule has 1 unspecified atom stereocenters. The van der Waals surface area contributed by atoms with Crippen LogP contribution in [-0.4, -0.2) is 70.9 Å². The molecule has 0 aromatic carbocycles. The SMILES string of the molecule is O=C1C(OCCO)CCN1C1CCN(c2ncc(C(F)(F)F)cn2)CC1. The number of aliphatic hydroxyl groups excluding tert-OH is 1. The van der Waals surface area contributed by atoms with Crippen molar-refractivity contribution in [2.24, 2.45) is 0 Å². The number of halogens is 3. The van der Waals surface area contributed by atoms with Crippen molar-refractivity contribution in [3.63, 3.8) is 0 Å². The Labute approximate surface area is 148 Å². The molecule has 0 aliphatic carbocycles. The van der Waals surface area contributed by atoms with E-state index in [9.17, 15) is 18.0 Å². The van der Waals surface area contributed by atoms with E-state index < -0.39 is 17.8 Å². The minimum atomic E-state index is -4.45. The van der Waals surface area contributed by atoms with Crippen LogP contribution in [0.2, 0.25) is 0 Å². The summed E-state index contributed by atoms with van der Waals surface area (Å²) in [4.78, 5) is 23.7. The zero-order valence-electron chi connectivity index (χ0n) is 14.2. The van der Waals surface area contributed by atoms with Gasteiger partial charge in [0, 0.05) is 44.5 Å². The quantitative estimate of drug-likeness (QED) is 0.831. The molecule has 2 aliphatic rings. The Balaban J connectivity index is 1.54.